The molecule has 0 aromatic heterocycles. The zero-order valence-corrected chi connectivity index (χ0v) is 19.4. The monoisotopic (exact) mass is 386 g/mol. The Kier molecular flexibility index (Phi) is 5.81. The fourth-order valence-corrected chi connectivity index (χ4v) is 5.57. The molecule has 0 bridgehead atoms. The summed E-state index contributed by atoms with van der Waals surface area (Å²) in [6, 6.07) is 4.65. The van der Waals surface area contributed by atoms with Crippen LogP contribution in [0.2, 0.25) is 19.6 Å². The van der Waals surface area contributed by atoms with Gasteiger partial charge < -0.3 is 9.16 Å². The maximum Gasteiger partial charge on any atom is 0.242 e. The molecule has 0 N–H and O–H groups in total. The third-order valence-electron chi connectivity index (χ3n) is 6.03. The summed E-state index contributed by atoms with van der Waals surface area (Å²) >= 11 is 0. The SMILES string of the molecule is CCCCCc1cc2c(c(O[Si](C)(C)C)c1)[C@@H]1CC(C)=CC[C@H]1C(C)(C)O2. The minimum absolute atomic E-state index is 0.132. The molecule has 0 radical (unpaired) electrons. The minimum atomic E-state index is -1.70. The van der Waals surface area contributed by atoms with Crippen molar-refractivity contribution in [2.45, 2.75) is 97.4 Å². The van der Waals surface area contributed by atoms with Gasteiger partial charge in [-0.15, -0.1) is 0 Å². The third kappa shape index (κ3) is 4.61. The second kappa shape index (κ2) is 7.65. The molecule has 3 heteroatoms. The summed E-state index contributed by atoms with van der Waals surface area (Å²) in [5.41, 5.74) is 4.08. The van der Waals surface area contributed by atoms with E-state index >= 15 is 0 Å². The van der Waals surface area contributed by atoms with Crippen molar-refractivity contribution >= 4 is 8.32 Å². The Morgan fingerprint density at radius 3 is 2.59 bits per heavy atom. The second-order valence-electron chi connectivity index (χ2n) is 10.1. The largest absolute Gasteiger partial charge is 0.544 e. The highest BCUT2D eigenvalue weighted by Crippen LogP contribution is 2.54. The fourth-order valence-electron chi connectivity index (χ4n) is 4.74. The van der Waals surface area contributed by atoms with Crippen LogP contribution >= 0.6 is 0 Å². The van der Waals surface area contributed by atoms with Gasteiger partial charge in [0.05, 0.1) is 0 Å². The number of hydrogen-bond donors (Lipinski definition) is 0. The van der Waals surface area contributed by atoms with Crippen molar-refractivity contribution in [1.29, 1.82) is 0 Å². The van der Waals surface area contributed by atoms with Gasteiger partial charge in [-0.1, -0.05) is 31.4 Å². The van der Waals surface area contributed by atoms with E-state index in [2.05, 4.69) is 65.5 Å². The number of allylic oxidation sites excluding steroid dienone is 2. The lowest BCUT2D eigenvalue weighted by molar-refractivity contribution is 0.00783. The van der Waals surface area contributed by atoms with E-state index in [9.17, 15) is 0 Å². The molecule has 1 heterocycles. The molecule has 0 unspecified atom stereocenters. The van der Waals surface area contributed by atoms with E-state index < -0.39 is 8.32 Å². The average molecular weight is 387 g/mol. The van der Waals surface area contributed by atoms with Crippen molar-refractivity contribution < 1.29 is 9.16 Å². The molecule has 0 spiro atoms. The summed E-state index contributed by atoms with van der Waals surface area (Å²) in [7, 11) is -1.70. The zero-order chi connectivity index (χ0) is 19.8. The van der Waals surface area contributed by atoms with Gasteiger partial charge in [0.15, 0.2) is 0 Å². The van der Waals surface area contributed by atoms with Crippen LogP contribution in [-0.4, -0.2) is 13.9 Å². The van der Waals surface area contributed by atoms with Crippen LogP contribution in [0.4, 0.5) is 0 Å². The number of ether oxygens (including phenoxy) is 1. The molecule has 27 heavy (non-hydrogen) atoms. The third-order valence-corrected chi connectivity index (χ3v) is 6.87. The van der Waals surface area contributed by atoms with Crippen molar-refractivity contribution in [2.24, 2.45) is 5.92 Å². The van der Waals surface area contributed by atoms with Gasteiger partial charge in [-0.25, -0.2) is 0 Å². The topological polar surface area (TPSA) is 18.5 Å². The van der Waals surface area contributed by atoms with E-state index in [-0.39, 0.29) is 5.60 Å². The first-order chi connectivity index (χ1) is 12.6. The first kappa shape index (κ1) is 20.5. The van der Waals surface area contributed by atoms with E-state index in [0.29, 0.717) is 11.8 Å². The van der Waals surface area contributed by atoms with Crippen LogP contribution in [0.15, 0.2) is 23.8 Å². The molecule has 1 aliphatic heterocycles. The number of benzene rings is 1. The molecule has 1 aliphatic carbocycles. The number of rotatable bonds is 6. The number of hydrogen-bond acceptors (Lipinski definition) is 2. The number of unbranched alkanes of at least 4 members (excludes halogenated alkanes) is 2. The van der Waals surface area contributed by atoms with Crippen molar-refractivity contribution in [3.8, 4) is 11.5 Å². The molecule has 0 saturated heterocycles. The lowest BCUT2D eigenvalue weighted by Gasteiger charge is -2.47. The van der Waals surface area contributed by atoms with Gasteiger partial charge in [0.25, 0.3) is 0 Å². The van der Waals surface area contributed by atoms with Gasteiger partial charge >= 0.3 is 0 Å². The molecule has 150 valence electrons. The Labute approximate surface area is 167 Å². The lowest BCUT2D eigenvalue weighted by atomic mass is 9.67. The highest BCUT2D eigenvalue weighted by molar-refractivity contribution is 6.70. The molecule has 2 aliphatic rings. The van der Waals surface area contributed by atoms with Gasteiger partial charge in [0.2, 0.25) is 8.32 Å². The van der Waals surface area contributed by atoms with Gasteiger partial charge in [-0.05, 0) is 83.8 Å². The number of fused-ring (bicyclic) bond motifs is 3. The molecule has 0 saturated carbocycles. The van der Waals surface area contributed by atoms with Gasteiger partial charge in [-0.3, -0.25) is 0 Å². The van der Waals surface area contributed by atoms with Crippen LogP contribution in [0.1, 0.15) is 76.8 Å². The Bertz CT molecular complexity index is 712. The standard InChI is InChI=1S/C24H38O2Si/c1-8-9-10-11-18-15-21-23(22(16-18)26-27(5,6)7)19-14-17(2)12-13-20(19)24(3,4)25-21/h12,15-16,19-20H,8-11,13-14H2,1-7H3/t19-,20-/m1/s1. The minimum Gasteiger partial charge on any atom is -0.544 e. The summed E-state index contributed by atoms with van der Waals surface area (Å²) < 4.78 is 13.3. The molecule has 2 nitrogen and oxygen atoms in total. The molecule has 0 amide bonds. The molecule has 2 atom stereocenters. The summed E-state index contributed by atoms with van der Waals surface area (Å²) in [5.74, 6) is 3.21. The normalized spacial score (nSPS) is 23.7. The van der Waals surface area contributed by atoms with Crippen LogP contribution in [0.5, 0.6) is 11.5 Å². The molecule has 1 aromatic carbocycles. The first-order valence-electron chi connectivity index (χ1n) is 10.8. The molecule has 3 rings (SSSR count). The van der Waals surface area contributed by atoms with Crippen molar-refractivity contribution in [3.63, 3.8) is 0 Å². The van der Waals surface area contributed by atoms with Gasteiger partial charge in [-0.2, -0.15) is 0 Å². The smallest absolute Gasteiger partial charge is 0.242 e. The van der Waals surface area contributed by atoms with E-state index in [1.54, 1.807) is 0 Å². The highest BCUT2D eigenvalue weighted by atomic mass is 28.4. The quantitative estimate of drug-likeness (QED) is 0.291. The van der Waals surface area contributed by atoms with Crippen molar-refractivity contribution in [1.82, 2.24) is 0 Å². The van der Waals surface area contributed by atoms with Crippen LogP contribution in [0.25, 0.3) is 0 Å². The predicted octanol–water partition coefficient (Wildman–Crippen LogP) is 7.24. The highest BCUT2D eigenvalue weighted by Gasteiger charge is 2.46. The summed E-state index contributed by atoms with van der Waals surface area (Å²) in [4.78, 5) is 0. The second-order valence-corrected chi connectivity index (χ2v) is 14.5. The zero-order valence-electron chi connectivity index (χ0n) is 18.4. The Morgan fingerprint density at radius 1 is 1.19 bits per heavy atom. The van der Waals surface area contributed by atoms with Crippen molar-refractivity contribution in [3.05, 3.63) is 34.9 Å². The molecule has 1 aromatic rings. The first-order valence-corrected chi connectivity index (χ1v) is 14.2. The lowest BCUT2D eigenvalue weighted by Crippen LogP contribution is -2.45. The maximum absolute atomic E-state index is 6.64. The molecule has 0 fully saturated rings. The van der Waals surface area contributed by atoms with E-state index in [1.165, 1.54) is 36.0 Å². The van der Waals surface area contributed by atoms with Gasteiger partial charge in [0, 0.05) is 17.4 Å². The Morgan fingerprint density at radius 2 is 1.93 bits per heavy atom. The Hall–Kier alpha value is -1.22. The fraction of sp³-hybridized carbons (Fsp3) is 0.667. The van der Waals surface area contributed by atoms with E-state index in [0.717, 1.165) is 30.8 Å². The summed E-state index contributed by atoms with van der Waals surface area (Å²) in [5, 5.41) is 0. The van der Waals surface area contributed by atoms with E-state index in [1.807, 2.05) is 0 Å². The van der Waals surface area contributed by atoms with Crippen molar-refractivity contribution in [2.75, 3.05) is 0 Å². The van der Waals surface area contributed by atoms with E-state index in [4.69, 9.17) is 9.16 Å². The summed E-state index contributed by atoms with van der Waals surface area (Å²) in [6.45, 7) is 15.9. The van der Waals surface area contributed by atoms with Crippen LogP contribution in [0, 0.1) is 5.92 Å². The predicted molar refractivity (Wildman–Crippen MR) is 118 cm³/mol. The summed E-state index contributed by atoms with van der Waals surface area (Å²) in [6.07, 6.45) is 9.52. The van der Waals surface area contributed by atoms with Gasteiger partial charge in [0.1, 0.15) is 17.1 Å². The average Bonchev–Trinajstić information content (AvgIpc) is 2.52. The van der Waals surface area contributed by atoms with Crippen LogP contribution < -0.4 is 9.16 Å². The number of aryl methyl sites for hydroxylation is 1. The molecular formula is C24H38O2Si. The Balaban J connectivity index is 2.07. The maximum atomic E-state index is 6.64. The molecular weight excluding hydrogens is 348 g/mol. The van der Waals surface area contributed by atoms with Crippen LogP contribution in [0.3, 0.4) is 0 Å². The van der Waals surface area contributed by atoms with Crippen LogP contribution in [-0.2, 0) is 6.42 Å².